The van der Waals surface area contributed by atoms with E-state index in [9.17, 15) is 4.57 Å². The second kappa shape index (κ2) is 7.67. The van der Waals surface area contributed by atoms with Crippen molar-refractivity contribution in [2.24, 2.45) is 5.41 Å². The molecule has 0 saturated carbocycles. The third kappa shape index (κ3) is 5.71. The highest BCUT2D eigenvalue weighted by Crippen LogP contribution is 2.37. The minimum Gasteiger partial charge on any atom is -0.270 e. The Morgan fingerprint density at radius 3 is 1.59 bits per heavy atom. The molecule has 0 saturated heterocycles. The van der Waals surface area contributed by atoms with Gasteiger partial charge < -0.3 is 0 Å². The summed E-state index contributed by atoms with van der Waals surface area (Å²) in [6.07, 6.45) is 0.710. The van der Waals surface area contributed by atoms with E-state index in [0.717, 1.165) is 13.1 Å². The number of nitrogens with zero attached hydrogens (tertiary/aromatic N) is 1. The molecule has 2 nitrogen and oxygen atoms in total. The molecular formula is C19H25NOP. The zero-order valence-electron chi connectivity index (χ0n) is 13.7. The van der Waals surface area contributed by atoms with Gasteiger partial charge in [-0.2, -0.15) is 0 Å². The number of hydrogen-bond donors (Lipinski definition) is 0. The van der Waals surface area contributed by atoms with Gasteiger partial charge in [-0.1, -0.05) is 81.4 Å². The van der Waals surface area contributed by atoms with E-state index in [1.165, 1.54) is 11.1 Å². The summed E-state index contributed by atoms with van der Waals surface area (Å²) in [6.45, 7) is 7.87. The quantitative estimate of drug-likeness (QED) is 0.658. The van der Waals surface area contributed by atoms with Gasteiger partial charge in [0.1, 0.15) is 7.95 Å². The molecule has 0 spiro atoms. The first-order valence-electron chi connectivity index (χ1n) is 7.71. The second-order valence-corrected chi connectivity index (χ2v) is 8.45. The first-order valence-corrected chi connectivity index (χ1v) is 9.11. The molecule has 2 rings (SSSR count). The lowest BCUT2D eigenvalue weighted by atomic mass is 10.0. The fraction of sp³-hybridized carbons (Fsp3) is 0.368. The smallest absolute Gasteiger partial charge is 0.149 e. The summed E-state index contributed by atoms with van der Waals surface area (Å²) in [7, 11) is -1.40. The molecule has 0 aromatic heterocycles. The molecule has 0 aliphatic carbocycles. The van der Waals surface area contributed by atoms with Crippen molar-refractivity contribution < 1.29 is 4.57 Å². The molecule has 1 atom stereocenters. The highest BCUT2D eigenvalue weighted by Gasteiger charge is 2.21. The van der Waals surface area contributed by atoms with E-state index in [4.69, 9.17) is 0 Å². The Kier molecular flexibility index (Phi) is 5.88. The van der Waals surface area contributed by atoms with Gasteiger partial charge in [0.15, 0.2) is 0 Å². The van der Waals surface area contributed by atoms with Crippen molar-refractivity contribution in [2.75, 3.05) is 6.16 Å². The number of hydrogen-bond acceptors (Lipinski definition) is 1. The minimum atomic E-state index is -1.40. The lowest BCUT2D eigenvalue weighted by molar-refractivity contribution is 0.391. The van der Waals surface area contributed by atoms with Crippen LogP contribution in [0.5, 0.6) is 0 Å². The molecule has 1 unspecified atom stereocenters. The Bertz CT molecular complexity index is 548. The maximum atomic E-state index is 12.8. The van der Waals surface area contributed by atoms with Crippen molar-refractivity contribution >= 4 is 7.95 Å². The molecule has 1 radical (unpaired) electrons. The topological polar surface area (TPSA) is 20.3 Å². The van der Waals surface area contributed by atoms with Crippen molar-refractivity contribution in [3.8, 4) is 0 Å². The molecule has 0 aliphatic rings. The Labute approximate surface area is 135 Å². The Hall–Kier alpha value is -1.50. The molecular weight excluding hydrogens is 289 g/mol. The van der Waals surface area contributed by atoms with Crippen molar-refractivity contribution in [2.45, 2.75) is 33.9 Å². The lowest BCUT2D eigenvalue weighted by Crippen LogP contribution is -2.20. The van der Waals surface area contributed by atoms with Gasteiger partial charge in [0.25, 0.3) is 0 Å². The van der Waals surface area contributed by atoms with E-state index in [0.29, 0.717) is 6.16 Å². The van der Waals surface area contributed by atoms with E-state index in [2.05, 4.69) is 49.7 Å². The maximum Gasteiger partial charge on any atom is 0.149 e. The summed E-state index contributed by atoms with van der Waals surface area (Å²) in [5.74, 6) is 0. The number of benzene rings is 2. The number of rotatable bonds is 6. The largest absolute Gasteiger partial charge is 0.270 e. The molecule has 22 heavy (non-hydrogen) atoms. The van der Waals surface area contributed by atoms with Crippen LogP contribution in [0.25, 0.3) is 0 Å². The second-order valence-electron chi connectivity index (χ2n) is 6.86. The van der Waals surface area contributed by atoms with Gasteiger partial charge in [0.2, 0.25) is 0 Å². The molecule has 0 bridgehead atoms. The monoisotopic (exact) mass is 314 g/mol. The molecule has 0 amide bonds. The Morgan fingerprint density at radius 2 is 1.23 bits per heavy atom. The zero-order chi connectivity index (χ0) is 16.0. The molecule has 0 fully saturated rings. The molecule has 0 aliphatic heterocycles. The fourth-order valence-corrected chi connectivity index (χ4v) is 3.96. The van der Waals surface area contributed by atoms with Gasteiger partial charge in [-0.05, 0) is 16.5 Å². The van der Waals surface area contributed by atoms with E-state index in [1.807, 2.05) is 36.4 Å². The van der Waals surface area contributed by atoms with E-state index in [1.54, 1.807) is 0 Å². The van der Waals surface area contributed by atoms with Crippen LogP contribution < -0.4 is 0 Å². The van der Waals surface area contributed by atoms with Crippen LogP contribution in [-0.4, -0.2) is 10.8 Å². The van der Waals surface area contributed by atoms with Crippen molar-refractivity contribution in [3.63, 3.8) is 0 Å². The van der Waals surface area contributed by atoms with Gasteiger partial charge in [0.05, 0.1) is 0 Å². The van der Waals surface area contributed by atoms with E-state index in [-0.39, 0.29) is 5.41 Å². The van der Waals surface area contributed by atoms with Crippen LogP contribution in [0.3, 0.4) is 0 Å². The summed E-state index contributed by atoms with van der Waals surface area (Å²) in [5, 5.41) is 0. The fourth-order valence-electron chi connectivity index (χ4n) is 2.31. The van der Waals surface area contributed by atoms with Crippen molar-refractivity contribution in [1.29, 1.82) is 0 Å². The van der Waals surface area contributed by atoms with E-state index < -0.39 is 7.95 Å². The van der Waals surface area contributed by atoms with Crippen LogP contribution >= 0.6 is 7.95 Å². The zero-order valence-corrected chi connectivity index (χ0v) is 14.6. The summed E-state index contributed by atoms with van der Waals surface area (Å²) in [4.78, 5) is 0. The van der Waals surface area contributed by atoms with Crippen LogP contribution in [0.15, 0.2) is 60.7 Å². The molecule has 117 valence electrons. The minimum absolute atomic E-state index is 0.0685. The summed E-state index contributed by atoms with van der Waals surface area (Å²) in [5.41, 5.74) is 2.48. The standard InChI is InChI=1S/C19H25NOP/c1-19(2,3)16-22(21)20(14-17-10-6-4-7-11-17)15-18-12-8-5-9-13-18/h4-13H,14-16H2,1-3H3. The molecule has 2 aromatic rings. The lowest BCUT2D eigenvalue weighted by Gasteiger charge is -2.25. The first kappa shape index (κ1) is 16.9. The van der Waals surface area contributed by atoms with Gasteiger partial charge in [0, 0.05) is 19.3 Å². The van der Waals surface area contributed by atoms with Crippen LogP contribution in [0.1, 0.15) is 31.9 Å². The predicted octanol–water partition coefficient (Wildman–Crippen LogP) is 5.48. The van der Waals surface area contributed by atoms with Gasteiger partial charge in [-0.25, -0.2) is 4.67 Å². The van der Waals surface area contributed by atoms with E-state index >= 15 is 0 Å². The highest BCUT2D eigenvalue weighted by molar-refractivity contribution is 7.42. The van der Waals surface area contributed by atoms with Crippen LogP contribution in [0, 0.1) is 5.41 Å². The van der Waals surface area contributed by atoms with Crippen LogP contribution in [-0.2, 0) is 17.7 Å². The molecule has 2 aromatic carbocycles. The van der Waals surface area contributed by atoms with Crippen LogP contribution in [0.2, 0.25) is 0 Å². The van der Waals surface area contributed by atoms with Gasteiger partial charge >= 0.3 is 0 Å². The first-order chi connectivity index (χ1) is 10.4. The SMILES string of the molecule is CC(C)(C)C[P](=O)N(Cc1ccccc1)Cc1ccccc1. The third-order valence-corrected chi connectivity index (χ3v) is 5.47. The predicted molar refractivity (Wildman–Crippen MR) is 94.1 cm³/mol. The Morgan fingerprint density at radius 1 is 0.818 bits per heavy atom. The normalized spacial score (nSPS) is 12.5. The van der Waals surface area contributed by atoms with Crippen molar-refractivity contribution in [3.05, 3.63) is 71.8 Å². The van der Waals surface area contributed by atoms with Crippen LogP contribution in [0.4, 0.5) is 0 Å². The molecule has 3 heteroatoms. The third-order valence-electron chi connectivity index (χ3n) is 3.34. The Balaban J connectivity index is 2.14. The van der Waals surface area contributed by atoms with Gasteiger partial charge in [-0.15, -0.1) is 0 Å². The summed E-state index contributed by atoms with van der Waals surface area (Å²) < 4.78 is 14.9. The highest BCUT2D eigenvalue weighted by atomic mass is 31.1. The van der Waals surface area contributed by atoms with Gasteiger partial charge in [-0.3, -0.25) is 4.57 Å². The summed E-state index contributed by atoms with van der Waals surface area (Å²) in [6, 6.07) is 20.5. The van der Waals surface area contributed by atoms with Crippen molar-refractivity contribution in [1.82, 2.24) is 4.67 Å². The molecule has 0 N–H and O–H groups in total. The summed E-state index contributed by atoms with van der Waals surface area (Å²) >= 11 is 0. The molecule has 0 heterocycles. The average Bonchev–Trinajstić information content (AvgIpc) is 2.47. The average molecular weight is 314 g/mol. The maximum absolute atomic E-state index is 12.8.